The molecule has 0 aliphatic rings. The summed E-state index contributed by atoms with van der Waals surface area (Å²) in [6, 6.07) is 59.5. The Kier molecular flexibility index (Phi) is 7.23. The molecular formula is C44H27N3O. The predicted octanol–water partition coefficient (Wildman–Crippen LogP) is 11.3. The molecule has 0 saturated heterocycles. The SMILES string of the molecule is N#Cc1cc(-c2ccccc2)c(-n2c3ccc(-c4ccccc4)cc3c3cc(-c4ccccc4)ccc32)c(C#N)c1Oc1ccccc1. The average Bonchev–Trinajstić information content (AvgIpc) is 3.48. The highest BCUT2D eigenvalue weighted by Crippen LogP contribution is 2.44. The largest absolute Gasteiger partial charge is 0.454 e. The van der Waals surface area contributed by atoms with E-state index >= 15 is 0 Å². The summed E-state index contributed by atoms with van der Waals surface area (Å²) in [4.78, 5) is 0. The Hall–Kier alpha value is -6.88. The Morgan fingerprint density at radius 3 is 1.42 bits per heavy atom. The van der Waals surface area contributed by atoms with Gasteiger partial charge in [-0.25, -0.2) is 0 Å². The van der Waals surface area contributed by atoms with Crippen LogP contribution in [0.5, 0.6) is 11.5 Å². The Morgan fingerprint density at radius 1 is 0.458 bits per heavy atom. The van der Waals surface area contributed by atoms with Crippen molar-refractivity contribution in [3.05, 3.63) is 175 Å². The molecule has 0 unspecified atom stereocenters. The second-order valence-electron chi connectivity index (χ2n) is 11.6. The molecule has 0 atom stereocenters. The van der Waals surface area contributed by atoms with Gasteiger partial charge in [0.15, 0.2) is 5.75 Å². The van der Waals surface area contributed by atoms with Crippen molar-refractivity contribution in [2.75, 3.05) is 0 Å². The first-order chi connectivity index (χ1) is 23.7. The minimum absolute atomic E-state index is 0.234. The van der Waals surface area contributed by atoms with Crippen molar-refractivity contribution in [2.45, 2.75) is 0 Å². The first kappa shape index (κ1) is 28.6. The molecule has 0 fully saturated rings. The molecule has 8 rings (SSSR count). The molecule has 0 saturated carbocycles. The molecular weight excluding hydrogens is 587 g/mol. The van der Waals surface area contributed by atoms with Crippen molar-refractivity contribution in [1.82, 2.24) is 4.57 Å². The van der Waals surface area contributed by atoms with E-state index < -0.39 is 0 Å². The van der Waals surface area contributed by atoms with Gasteiger partial charge < -0.3 is 9.30 Å². The zero-order valence-corrected chi connectivity index (χ0v) is 25.8. The van der Waals surface area contributed by atoms with E-state index in [0.717, 1.165) is 55.2 Å². The third-order valence-corrected chi connectivity index (χ3v) is 8.74. The minimum Gasteiger partial charge on any atom is -0.454 e. The highest BCUT2D eigenvalue weighted by Gasteiger charge is 2.26. The summed E-state index contributed by atoms with van der Waals surface area (Å²) in [7, 11) is 0. The molecule has 0 aliphatic carbocycles. The first-order valence-corrected chi connectivity index (χ1v) is 15.7. The quantitative estimate of drug-likeness (QED) is 0.187. The second kappa shape index (κ2) is 12.1. The molecule has 4 nitrogen and oxygen atoms in total. The van der Waals surface area contributed by atoms with Crippen molar-refractivity contribution in [1.29, 1.82) is 10.5 Å². The first-order valence-electron chi connectivity index (χ1n) is 15.7. The van der Waals surface area contributed by atoms with Gasteiger partial charge in [0.1, 0.15) is 23.5 Å². The van der Waals surface area contributed by atoms with Crippen LogP contribution in [-0.4, -0.2) is 4.57 Å². The molecule has 7 aromatic carbocycles. The third kappa shape index (κ3) is 4.95. The van der Waals surface area contributed by atoms with E-state index in [1.807, 2.05) is 103 Å². The van der Waals surface area contributed by atoms with Crippen LogP contribution in [0.3, 0.4) is 0 Å². The number of nitriles is 2. The molecule has 0 aliphatic heterocycles. The fraction of sp³-hybridized carbons (Fsp3) is 0. The number of aromatic nitrogens is 1. The Bertz CT molecular complexity index is 2430. The van der Waals surface area contributed by atoms with Gasteiger partial charge >= 0.3 is 0 Å². The van der Waals surface area contributed by atoms with E-state index in [2.05, 4.69) is 77.4 Å². The monoisotopic (exact) mass is 613 g/mol. The molecule has 224 valence electrons. The second-order valence-corrected chi connectivity index (χ2v) is 11.6. The van der Waals surface area contributed by atoms with Gasteiger partial charge in [0.05, 0.1) is 22.3 Å². The van der Waals surface area contributed by atoms with Crippen LogP contribution in [0.25, 0.3) is 60.9 Å². The maximum Gasteiger partial charge on any atom is 0.165 e. The van der Waals surface area contributed by atoms with E-state index in [-0.39, 0.29) is 16.9 Å². The summed E-state index contributed by atoms with van der Waals surface area (Å²) in [5, 5.41) is 23.4. The number of hydrogen-bond acceptors (Lipinski definition) is 3. The average molecular weight is 614 g/mol. The molecule has 1 heterocycles. The molecule has 0 amide bonds. The lowest BCUT2D eigenvalue weighted by molar-refractivity contribution is 0.479. The molecule has 1 aromatic heterocycles. The van der Waals surface area contributed by atoms with Gasteiger partial charge in [0, 0.05) is 16.3 Å². The van der Waals surface area contributed by atoms with Crippen molar-refractivity contribution in [2.24, 2.45) is 0 Å². The van der Waals surface area contributed by atoms with Gasteiger partial charge in [-0.15, -0.1) is 0 Å². The Balaban J connectivity index is 1.50. The summed E-state index contributed by atoms with van der Waals surface area (Å²) < 4.78 is 8.53. The van der Waals surface area contributed by atoms with Gasteiger partial charge in [0.25, 0.3) is 0 Å². The van der Waals surface area contributed by atoms with Gasteiger partial charge in [-0.05, 0) is 70.3 Å². The fourth-order valence-electron chi connectivity index (χ4n) is 6.51. The number of para-hydroxylation sites is 1. The van der Waals surface area contributed by atoms with Crippen molar-refractivity contribution in [3.8, 4) is 62.7 Å². The lowest BCUT2D eigenvalue weighted by atomic mass is 9.95. The molecule has 0 radical (unpaired) electrons. The predicted molar refractivity (Wildman–Crippen MR) is 193 cm³/mol. The van der Waals surface area contributed by atoms with Crippen molar-refractivity contribution >= 4 is 21.8 Å². The van der Waals surface area contributed by atoms with Crippen LogP contribution in [0.15, 0.2) is 164 Å². The number of hydrogen-bond donors (Lipinski definition) is 0. The molecule has 4 heteroatoms. The summed E-state index contributed by atoms with van der Waals surface area (Å²) in [5.74, 6) is 0.781. The van der Waals surface area contributed by atoms with Gasteiger partial charge in [-0.3, -0.25) is 0 Å². The third-order valence-electron chi connectivity index (χ3n) is 8.74. The summed E-state index contributed by atoms with van der Waals surface area (Å²) in [5.41, 5.74) is 9.23. The lowest BCUT2D eigenvalue weighted by Gasteiger charge is -2.20. The number of rotatable bonds is 6. The van der Waals surface area contributed by atoms with E-state index in [0.29, 0.717) is 11.4 Å². The molecule has 0 N–H and O–H groups in total. The summed E-state index contributed by atoms with van der Waals surface area (Å²) in [6.45, 7) is 0. The van der Waals surface area contributed by atoms with E-state index in [1.54, 1.807) is 0 Å². The van der Waals surface area contributed by atoms with E-state index in [4.69, 9.17) is 4.74 Å². The smallest absolute Gasteiger partial charge is 0.165 e. The maximum atomic E-state index is 10.9. The van der Waals surface area contributed by atoms with Crippen LogP contribution in [-0.2, 0) is 0 Å². The number of nitrogens with zero attached hydrogens (tertiary/aromatic N) is 3. The van der Waals surface area contributed by atoms with Crippen molar-refractivity contribution < 1.29 is 4.74 Å². The molecule has 48 heavy (non-hydrogen) atoms. The van der Waals surface area contributed by atoms with Crippen molar-refractivity contribution in [3.63, 3.8) is 0 Å². The Labute approximate surface area is 278 Å². The number of benzene rings is 7. The Morgan fingerprint density at radius 2 is 0.938 bits per heavy atom. The topological polar surface area (TPSA) is 61.7 Å². The zero-order chi connectivity index (χ0) is 32.5. The van der Waals surface area contributed by atoms with Crippen LogP contribution in [0.2, 0.25) is 0 Å². The highest BCUT2D eigenvalue weighted by atomic mass is 16.5. The van der Waals surface area contributed by atoms with Gasteiger partial charge in [-0.2, -0.15) is 10.5 Å². The maximum absolute atomic E-state index is 10.9. The normalized spacial score (nSPS) is 10.9. The number of fused-ring (bicyclic) bond motifs is 3. The fourth-order valence-corrected chi connectivity index (χ4v) is 6.51. The lowest BCUT2D eigenvalue weighted by Crippen LogP contribution is -2.05. The zero-order valence-electron chi connectivity index (χ0n) is 25.8. The molecule has 0 spiro atoms. The minimum atomic E-state index is 0.234. The van der Waals surface area contributed by atoms with Crippen LogP contribution in [0.4, 0.5) is 0 Å². The molecule has 8 aromatic rings. The van der Waals surface area contributed by atoms with E-state index in [1.165, 1.54) is 0 Å². The summed E-state index contributed by atoms with van der Waals surface area (Å²) in [6.07, 6.45) is 0. The van der Waals surface area contributed by atoms with Crippen LogP contribution < -0.4 is 4.74 Å². The summed E-state index contributed by atoms with van der Waals surface area (Å²) >= 11 is 0. The van der Waals surface area contributed by atoms with Crippen LogP contribution in [0.1, 0.15) is 11.1 Å². The highest BCUT2D eigenvalue weighted by molar-refractivity contribution is 6.12. The van der Waals surface area contributed by atoms with E-state index in [9.17, 15) is 10.5 Å². The van der Waals surface area contributed by atoms with Gasteiger partial charge in [-0.1, -0.05) is 121 Å². The molecule has 0 bridgehead atoms. The van der Waals surface area contributed by atoms with Crippen LogP contribution in [0, 0.1) is 22.7 Å². The van der Waals surface area contributed by atoms with Crippen LogP contribution >= 0.6 is 0 Å². The standard InChI is InChI=1S/C44H27N3O/c45-28-35-27-37(32-17-9-3-10-18-32)43(40(29-46)44(35)48-36-19-11-4-12-20-36)47-41-23-21-33(30-13-5-1-6-14-30)25-38(41)39-26-34(22-24-42(39)47)31-15-7-2-8-16-31/h1-27H. The van der Waals surface area contributed by atoms with Gasteiger partial charge in [0.2, 0.25) is 0 Å². The number of ether oxygens (including phenoxy) is 1.